The van der Waals surface area contributed by atoms with Crippen LogP contribution in [0.15, 0.2) is 54.7 Å². The fourth-order valence-electron chi connectivity index (χ4n) is 3.88. The summed E-state index contributed by atoms with van der Waals surface area (Å²) in [7, 11) is 3.91. The van der Waals surface area contributed by atoms with E-state index >= 15 is 0 Å². The molecule has 0 radical (unpaired) electrons. The molecule has 1 aromatic heterocycles. The van der Waals surface area contributed by atoms with Crippen LogP contribution in [0, 0.1) is 5.92 Å². The zero-order valence-corrected chi connectivity index (χ0v) is 17.3. The Bertz CT molecular complexity index is 933. The van der Waals surface area contributed by atoms with Crippen molar-refractivity contribution in [1.29, 1.82) is 0 Å². The number of rotatable bonds is 7. The Morgan fingerprint density at radius 3 is 2.69 bits per heavy atom. The predicted octanol–water partition coefficient (Wildman–Crippen LogP) is 4.61. The number of benzene rings is 2. The molecule has 0 aliphatic carbocycles. The van der Waals surface area contributed by atoms with E-state index in [1.54, 1.807) is 7.11 Å². The molecule has 5 heteroatoms. The number of ether oxygens (including phenoxy) is 1. The number of hydrogen-bond donors (Lipinski definition) is 2. The van der Waals surface area contributed by atoms with Crippen LogP contribution in [0.3, 0.4) is 0 Å². The van der Waals surface area contributed by atoms with Gasteiger partial charge in [0.1, 0.15) is 11.6 Å². The molecule has 5 nitrogen and oxygen atoms in total. The topological polar surface area (TPSA) is 49.4 Å². The molecule has 1 aliphatic heterocycles. The maximum absolute atomic E-state index is 5.48. The van der Waals surface area contributed by atoms with E-state index in [4.69, 9.17) is 4.74 Å². The summed E-state index contributed by atoms with van der Waals surface area (Å²) in [6.45, 7) is 4.15. The third kappa shape index (κ3) is 4.98. The zero-order valence-electron chi connectivity index (χ0n) is 17.3. The van der Waals surface area contributed by atoms with Gasteiger partial charge in [-0.3, -0.25) is 0 Å². The second kappa shape index (κ2) is 9.14. The number of fused-ring (bicyclic) bond motifs is 1. The van der Waals surface area contributed by atoms with Gasteiger partial charge in [0.25, 0.3) is 0 Å². The first-order valence-corrected chi connectivity index (χ1v) is 10.4. The number of anilines is 2. The number of piperidine rings is 1. The van der Waals surface area contributed by atoms with Crippen LogP contribution >= 0.6 is 0 Å². The third-order valence-corrected chi connectivity index (χ3v) is 5.79. The van der Waals surface area contributed by atoms with Crippen LogP contribution in [0.25, 0.3) is 10.8 Å². The summed E-state index contributed by atoms with van der Waals surface area (Å²) in [5.41, 5.74) is 2.24. The van der Waals surface area contributed by atoms with Crippen LogP contribution in [-0.4, -0.2) is 43.7 Å². The largest absolute Gasteiger partial charge is 0.496 e. The highest BCUT2D eigenvalue weighted by Gasteiger charge is 2.16. The van der Waals surface area contributed by atoms with Crippen LogP contribution in [0.4, 0.5) is 11.5 Å². The highest BCUT2D eigenvalue weighted by atomic mass is 16.5. The van der Waals surface area contributed by atoms with Crippen molar-refractivity contribution in [2.24, 2.45) is 5.92 Å². The van der Waals surface area contributed by atoms with E-state index in [1.165, 1.54) is 31.3 Å². The Morgan fingerprint density at radius 2 is 1.93 bits per heavy atom. The molecule has 1 fully saturated rings. The van der Waals surface area contributed by atoms with E-state index in [-0.39, 0.29) is 0 Å². The molecule has 29 heavy (non-hydrogen) atoms. The number of nitrogens with zero attached hydrogens (tertiary/aromatic N) is 2. The van der Waals surface area contributed by atoms with Crippen molar-refractivity contribution >= 4 is 22.3 Å². The Kier molecular flexibility index (Phi) is 6.15. The molecular formula is C24H30N4O. The zero-order chi connectivity index (χ0) is 20.1. The molecule has 152 valence electrons. The van der Waals surface area contributed by atoms with Crippen LogP contribution < -0.4 is 15.4 Å². The molecule has 2 aromatic carbocycles. The van der Waals surface area contributed by atoms with Crippen LogP contribution in [0.5, 0.6) is 5.75 Å². The summed E-state index contributed by atoms with van der Waals surface area (Å²) in [5.74, 6) is 2.61. The Labute approximate surface area is 173 Å². The fourth-order valence-corrected chi connectivity index (χ4v) is 3.88. The van der Waals surface area contributed by atoms with Crippen molar-refractivity contribution in [3.8, 4) is 5.75 Å². The molecule has 3 aromatic rings. The molecule has 2 heterocycles. The summed E-state index contributed by atoms with van der Waals surface area (Å²) < 4.78 is 5.48. The second-order valence-electron chi connectivity index (χ2n) is 7.93. The van der Waals surface area contributed by atoms with Crippen molar-refractivity contribution in [2.45, 2.75) is 19.4 Å². The minimum Gasteiger partial charge on any atom is -0.496 e. The third-order valence-electron chi connectivity index (χ3n) is 5.79. The molecule has 1 aliphatic rings. The number of hydrogen-bond acceptors (Lipinski definition) is 5. The quantitative estimate of drug-likeness (QED) is 0.617. The molecular weight excluding hydrogens is 360 g/mol. The number of pyridine rings is 1. The lowest BCUT2D eigenvalue weighted by atomic mass is 9.97. The summed E-state index contributed by atoms with van der Waals surface area (Å²) >= 11 is 0. The van der Waals surface area contributed by atoms with E-state index < -0.39 is 0 Å². The molecule has 0 atom stereocenters. The van der Waals surface area contributed by atoms with Crippen molar-refractivity contribution in [3.05, 3.63) is 60.3 Å². The average Bonchev–Trinajstić information content (AvgIpc) is 2.77. The monoisotopic (exact) mass is 390 g/mol. The van der Waals surface area contributed by atoms with Gasteiger partial charge in [-0.05, 0) is 74.1 Å². The summed E-state index contributed by atoms with van der Waals surface area (Å²) in [6, 6.07) is 16.7. The van der Waals surface area contributed by atoms with Gasteiger partial charge in [-0.15, -0.1) is 0 Å². The Balaban J connectivity index is 1.31. The number of aromatic nitrogens is 1. The van der Waals surface area contributed by atoms with Crippen molar-refractivity contribution in [1.82, 2.24) is 9.88 Å². The van der Waals surface area contributed by atoms with E-state index in [2.05, 4.69) is 64.0 Å². The van der Waals surface area contributed by atoms with Gasteiger partial charge in [0.05, 0.1) is 7.11 Å². The van der Waals surface area contributed by atoms with Gasteiger partial charge in [-0.1, -0.05) is 24.3 Å². The molecule has 2 N–H and O–H groups in total. The molecule has 4 rings (SSSR count). The smallest absolute Gasteiger partial charge is 0.126 e. The number of nitrogens with one attached hydrogen (secondary N) is 2. The predicted molar refractivity (Wildman–Crippen MR) is 121 cm³/mol. The Hall–Kier alpha value is -2.79. The van der Waals surface area contributed by atoms with Crippen molar-refractivity contribution in [2.75, 3.05) is 44.4 Å². The highest BCUT2D eigenvalue weighted by molar-refractivity contribution is 5.91. The van der Waals surface area contributed by atoms with Crippen LogP contribution in [0.2, 0.25) is 0 Å². The van der Waals surface area contributed by atoms with Gasteiger partial charge in [0, 0.05) is 30.4 Å². The highest BCUT2D eigenvalue weighted by Crippen LogP contribution is 2.28. The Morgan fingerprint density at radius 1 is 1.07 bits per heavy atom. The molecule has 0 spiro atoms. The van der Waals surface area contributed by atoms with Gasteiger partial charge in [0.15, 0.2) is 0 Å². The first kappa shape index (κ1) is 19.5. The second-order valence-corrected chi connectivity index (χ2v) is 7.93. The van der Waals surface area contributed by atoms with E-state index in [0.29, 0.717) is 0 Å². The number of likely N-dealkylation sites (tertiary alicyclic amines) is 1. The molecule has 0 amide bonds. The maximum Gasteiger partial charge on any atom is 0.126 e. The average molecular weight is 391 g/mol. The maximum atomic E-state index is 5.48. The van der Waals surface area contributed by atoms with Crippen LogP contribution in [0.1, 0.15) is 18.4 Å². The first-order valence-electron chi connectivity index (χ1n) is 10.4. The molecule has 1 saturated heterocycles. The van der Waals surface area contributed by atoms with Gasteiger partial charge in [-0.25, -0.2) is 4.98 Å². The number of methoxy groups -OCH3 is 1. The SMILES string of the molecule is COc1cccc2ccc(NCc3ccc(NCC4CCN(C)CC4)nc3)cc12. The van der Waals surface area contributed by atoms with Crippen molar-refractivity contribution in [3.63, 3.8) is 0 Å². The van der Waals surface area contributed by atoms with Gasteiger partial charge >= 0.3 is 0 Å². The lowest BCUT2D eigenvalue weighted by Gasteiger charge is -2.29. The lowest BCUT2D eigenvalue weighted by molar-refractivity contribution is 0.226. The van der Waals surface area contributed by atoms with Gasteiger partial charge in [0.2, 0.25) is 0 Å². The normalized spacial score (nSPS) is 15.4. The van der Waals surface area contributed by atoms with Crippen LogP contribution in [-0.2, 0) is 6.54 Å². The van der Waals surface area contributed by atoms with Gasteiger partial charge < -0.3 is 20.3 Å². The lowest BCUT2D eigenvalue weighted by Crippen LogP contribution is -2.33. The van der Waals surface area contributed by atoms with E-state index in [1.807, 2.05) is 18.3 Å². The molecule has 0 unspecified atom stereocenters. The standard InChI is InChI=1S/C24H30N4O/c1-28-12-10-18(11-13-28)15-26-24-9-6-19(17-27-24)16-25-21-8-7-20-4-3-5-23(29-2)22(20)14-21/h3-9,14,17-18,25H,10-13,15-16H2,1-2H3,(H,26,27). The van der Waals surface area contributed by atoms with Crippen molar-refractivity contribution < 1.29 is 4.74 Å². The molecule has 0 bridgehead atoms. The van der Waals surface area contributed by atoms with E-state index in [0.717, 1.165) is 47.2 Å². The summed E-state index contributed by atoms with van der Waals surface area (Å²) in [4.78, 5) is 6.99. The summed E-state index contributed by atoms with van der Waals surface area (Å²) in [5, 5.41) is 9.28. The van der Waals surface area contributed by atoms with Gasteiger partial charge in [-0.2, -0.15) is 0 Å². The minimum atomic E-state index is 0.739. The van der Waals surface area contributed by atoms with E-state index in [9.17, 15) is 0 Å². The first-order chi connectivity index (χ1) is 14.2. The minimum absolute atomic E-state index is 0.739. The molecule has 0 saturated carbocycles. The fraction of sp³-hybridized carbons (Fsp3) is 0.375. The summed E-state index contributed by atoms with van der Waals surface area (Å²) in [6.07, 6.45) is 4.48.